The molecular formula is C16H22N4O. The second-order valence-corrected chi connectivity index (χ2v) is 4.81. The fourth-order valence-corrected chi connectivity index (χ4v) is 2.01. The number of methoxy groups -OCH3 is 1. The largest absolute Gasteiger partial charge is 0.496 e. The predicted octanol–water partition coefficient (Wildman–Crippen LogP) is 3.23. The monoisotopic (exact) mass is 286 g/mol. The summed E-state index contributed by atoms with van der Waals surface area (Å²) in [7, 11) is 1.68. The number of rotatable bonds is 7. The average Bonchev–Trinajstić information content (AvgIpc) is 2.50. The summed E-state index contributed by atoms with van der Waals surface area (Å²) in [4.78, 5) is 8.84. The molecule has 0 amide bonds. The van der Waals surface area contributed by atoms with Crippen LogP contribution in [0.15, 0.2) is 30.3 Å². The molecule has 0 saturated heterocycles. The molecule has 0 aliphatic carbocycles. The van der Waals surface area contributed by atoms with Crippen molar-refractivity contribution in [2.45, 2.75) is 26.8 Å². The molecule has 0 spiro atoms. The van der Waals surface area contributed by atoms with Crippen molar-refractivity contribution in [2.24, 2.45) is 0 Å². The molecule has 5 heteroatoms. The van der Waals surface area contributed by atoms with Crippen LogP contribution in [-0.4, -0.2) is 23.6 Å². The number of nitrogens with zero attached hydrogens (tertiary/aromatic N) is 2. The van der Waals surface area contributed by atoms with Crippen molar-refractivity contribution in [3.8, 4) is 5.75 Å². The van der Waals surface area contributed by atoms with Gasteiger partial charge in [0.15, 0.2) is 0 Å². The number of hydrogen-bond donors (Lipinski definition) is 2. The van der Waals surface area contributed by atoms with Crippen molar-refractivity contribution >= 4 is 11.8 Å². The van der Waals surface area contributed by atoms with Gasteiger partial charge < -0.3 is 15.4 Å². The van der Waals surface area contributed by atoms with E-state index in [-0.39, 0.29) is 0 Å². The second-order valence-electron chi connectivity index (χ2n) is 4.81. The second kappa shape index (κ2) is 7.47. The van der Waals surface area contributed by atoms with Crippen LogP contribution in [0.2, 0.25) is 0 Å². The summed E-state index contributed by atoms with van der Waals surface area (Å²) < 4.78 is 5.35. The Morgan fingerprint density at radius 3 is 2.71 bits per heavy atom. The van der Waals surface area contributed by atoms with Gasteiger partial charge in [0.1, 0.15) is 11.6 Å². The zero-order valence-electron chi connectivity index (χ0n) is 12.8. The first-order valence-corrected chi connectivity index (χ1v) is 7.18. The van der Waals surface area contributed by atoms with E-state index in [4.69, 9.17) is 4.74 Å². The van der Waals surface area contributed by atoms with E-state index in [2.05, 4.69) is 27.5 Å². The van der Waals surface area contributed by atoms with Crippen molar-refractivity contribution in [1.29, 1.82) is 0 Å². The fraction of sp³-hybridized carbons (Fsp3) is 0.375. The SMILES string of the molecule is CCCNc1nc(C)cc(NCc2ccccc2OC)n1. The normalized spacial score (nSPS) is 10.2. The first-order chi connectivity index (χ1) is 10.2. The molecule has 5 nitrogen and oxygen atoms in total. The molecule has 2 N–H and O–H groups in total. The summed E-state index contributed by atoms with van der Waals surface area (Å²) in [6.07, 6.45) is 1.04. The highest BCUT2D eigenvalue weighted by Gasteiger charge is 2.04. The lowest BCUT2D eigenvalue weighted by molar-refractivity contribution is 0.410. The molecule has 1 aromatic heterocycles. The molecule has 0 aliphatic heterocycles. The Morgan fingerprint density at radius 1 is 1.14 bits per heavy atom. The van der Waals surface area contributed by atoms with E-state index < -0.39 is 0 Å². The molecule has 0 fully saturated rings. The van der Waals surface area contributed by atoms with Crippen molar-refractivity contribution < 1.29 is 4.74 Å². The fourth-order valence-electron chi connectivity index (χ4n) is 2.01. The smallest absolute Gasteiger partial charge is 0.224 e. The number of anilines is 2. The Bertz CT molecular complexity index is 586. The van der Waals surface area contributed by atoms with E-state index in [9.17, 15) is 0 Å². The Hall–Kier alpha value is -2.30. The van der Waals surface area contributed by atoms with E-state index in [1.165, 1.54) is 0 Å². The molecule has 0 saturated carbocycles. The lowest BCUT2D eigenvalue weighted by Crippen LogP contribution is -2.09. The molecule has 21 heavy (non-hydrogen) atoms. The third-order valence-corrected chi connectivity index (χ3v) is 3.04. The summed E-state index contributed by atoms with van der Waals surface area (Å²) >= 11 is 0. The van der Waals surface area contributed by atoms with Crippen molar-refractivity contribution in [1.82, 2.24) is 9.97 Å². The zero-order valence-corrected chi connectivity index (χ0v) is 12.8. The first-order valence-electron chi connectivity index (χ1n) is 7.18. The molecule has 2 aromatic rings. The zero-order chi connectivity index (χ0) is 15.1. The minimum Gasteiger partial charge on any atom is -0.496 e. The first kappa shape index (κ1) is 15.1. The maximum Gasteiger partial charge on any atom is 0.224 e. The van der Waals surface area contributed by atoms with Crippen LogP contribution in [0.3, 0.4) is 0 Å². The van der Waals surface area contributed by atoms with Gasteiger partial charge in [-0.15, -0.1) is 0 Å². The molecular weight excluding hydrogens is 264 g/mol. The lowest BCUT2D eigenvalue weighted by Gasteiger charge is -2.11. The molecule has 0 atom stereocenters. The Kier molecular flexibility index (Phi) is 5.37. The summed E-state index contributed by atoms with van der Waals surface area (Å²) in [5.41, 5.74) is 2.03. The number of aryl methyl sites for hydroxylation is 1. The lowest BCUT2D eigenvalue weighted by atomic mass is 10.2. The van der Waals surface area contributed by atoms with Crippen LogP contribution in [-0.2, 0) is 6.54 Å². The van der Waals surface area contributed by atoms with Gasteiger partial charge in [0.25, 0.3) is 0 Å². The van der Waals surface area contributed by atoms with Gasteiger partial charge in [-0.1, -0.05) is 25.1 Å². The van der Waals surface area contributed by atoms with Crippen LogP contribution in [0.1, 0.15) is 24.6 Å². The number of aromatic nitrogens is 2. The van der Waals surface area contributed by atoms with Crippen LogP contribution >= 0.6 is 0 Å². The van der Waals surface area contributed by atoms with E-state index >= 15 is 0 Å². The highest BCUT2D eigenvalue weighted by Crippen LogP contribution is 2.19. The Morgan fingerprint density at radius 2 is 1.95 bits per heavy atom. The predicted molar refractivity (Wildman–Crippen MR) is 85.9 cm³/mol. The Labute approximate surface area is 125 Å². The molecule has 2 rings (SSSR count). The number of hydrogen-bond acceptors (Lipinski definition) is 5. The van der Waals surface area contributed by atoms with Crippen molar-refractivity contribution in [3.05, 3.63) is 41.6 Å². The van der Waals surface area contributed by atoms with Crippen LogP contribution in [0.5, 0.6) is 5.75 Å². The maximum absolute atomic E-state index is 5.35. The minimum absolute atomic E-state index is 0.660. The number of ether oxygens (including phenoxy) is 1. The van der Waals surface area contributed by atoms with Gasteiger partial charge in [-0.2, -0.15) is 4.98 Å². The number of para-hydroxylation sites is 1. The third-order valence-electron chi connectivity index (χ3n) is 3.04. The molecule has 0 aliphatic rings. The van der Waals surface area contributed by atoms with E-state index in [1.807, 2.05) is 37.3 Å². The van der Waals surface area contributed by atoms with Crippen LogP contribution in [0.25, 0.3) is 0 Å². The average molecular weight is 286 g/mol. The Balaban J connectivity index is 2.07. The van der Waals surface area contributed by atoms with Crippen LogP contribution < -0.4 is 15.4 Å². The summed E-state index contributed by atoms with van der Waals surface area (Å²) in [6, 6.07) is 9.89. The third kappa shape index (κ3) is 4.34. The highest BCUT2D eigenvalue weighted by atomic mass is 16.5. The van der Waals surface area contributed by atoms with Gasteiger partial charge in [-0.25, -0.2) is 4.98 Å². The van der Waals surface area contributed by atoms with Gasteiger partial charge in [0, 0.05) is 30.4 Å². The topological polar surface area (TPSA) is 59.1 Å². The molecule has 0 radical (unpaired) electrons. The molecule has 0 bridgehead atoms. The number of benzene rings is 1. The van der Waals surface area contributed by atoms with Crippen molar-refractivity contribution in [3.63, 3.8) is 0 Å². The van der Waals surface area contributed by atoms with Crippen LogP contribution in [0, 0.1) is 6.92 Å². The van der Waals surface area contributed by atoms with E-state index in [0.29, 0.717) is 12.5 Å². The highest BCUT2D eigenvalue weighted by molar-refractivity contribution is 5.44. The van der Waals surface area contributed by atoms with Gasteiger partial charge in [-0.3, -0.25) is 0 Å². The van der Waals surface area contributed by atoms with Gasteiger partial charge in [0.2, 0.25) is 5.95 Å². The molecule has 1 heterocycles. The standard InChI is InChI=1S/C16H22N4O/c1-4-9-17-16-19-12(2)10-15(20-16)18-11-13-7-5-6-8-14(13)21-3/h5-8,10H,4,9,11H2,1-3H3,(H2,17,18,19,20). The van der Waals surface area contributed by atoms with Gasteiger partial charge in [0.05, 0.1) is 7.11 Å². The summed E-state index contributed by atoms with van der Waals surface area (Å²) in [6.45, 7) is 5.61. The molecule has 0 unspecified atom stereocenters. The van der Waals surface area contributed by atoms with Gasteiger partial charge >= 0.3 is 0 Å². The maximum atomic E-state index is 5.35. The quantitative estimate of drug-likeness (QED) is 0.818. The van der Waals surface area contributed by atoms with Gasteiger partial charge in [-0.05, 0) is 19.4 Å². The summed E-state index contributed by atoms with van der Waals surface area (Å²) in [5.74, 6) is 2.35. The number of nitrogens with one attached hydrogen (secondary N) is 2. The summed E-state index contributed by atoms with van der Waals surface area (Å²) in [5, 5.41) is 6.53. The van der Waals surface area contributed by atoms with E-state index in [1.54, 1.807) is 7.11 Å². The van der Waals surface area contributed by atoms with Crippen molar-refractivity contribution in [2.75, 3.05) is 24.3 Å². The minimum atomic E-state index is 0.660. The molecule has 1 aromatic carbocycles. The van der Waals surface area contributed by atoms with Crippen LogP contribution in [0.4, 0.5) is 11.8 Å². The molecule has 112 valence electrons. The van der Waals surface area contributed by atoms with E-state index in [0.717, 1.165) is 35.8 Å².